The molecule has 0 spiro atoms. The Morgan fingerprint density at radius 1 is 0.974 bits per heavy atom. The van der Waals surface area contributed by atoms with E-state index in [2.05, 4.69) is 20.9 Å². The molecule has 5 amide bonds. The number of benzene rings is 1. The first-order valence-corrected chi connectivity index (χ1v) is 12.0. The monoisotopic (exact) mass is 551 g/mol. The Kier molecular flexibility index (Phi) is 10.8. The van der Waals surface area contributed by atoms with Crippen LogP contribution in [0.25, 0.3) is 0 Å². The van der Waals surface area contributed by atoms with Crippen LogP contribution in [0, 0.1) is 0 Å². The fourth-order valence-electron chi connectivity index (χ4n) is 3.18. The summed E-state index contributed by atoms with van der Waals surface area (Å²) in [5, 5.41) is 39.1. The molecule has 0 saturated carbocycles. The number of aliphatic hydroxyl groups excluding tert-OH is 1. The number of hydrogen-bond donors (Lipinski definition) is 8. The van der Waals surface area contributed by atoms with Gasteiger partial charge in [0.15, 0.2) is 11.4 Å². The molecule has 0 fully saturated rings. The molecule has 38 heavy (non-hydrogen) atoms. The van der Waals surface area contributed by atoms with E-state index >= 15 is 0 Å². The number of carbonyl (C=O) groups is 5. The van der Waals surface area contributed by atoms with E-state index in [0.29, 0.717) is 24.2 Å². The molecule has 0 saturated heterocycles. The number of carbonyl (C=O) groups excluding carboxylic acids is 3. The number of hydrogen-bond acceptors (Lipinski definition) is 9. The van der Waals surface area contributed by atoms with E-state index in [1.54, 1.807) is 24.3 Å². The highest BCUT2D eigenvalue weighted by Gasteiger charge is 2.25. The normalized spacial score (nSPS) is 11.3. The molecule has 206 valence electrons. The van der Waals surface area contributed by atoms with Crippen molar-refractivity contribution in [3.05, 3.63) is 40.4 Å². The van der Waals surface area contributed by atoms with Crippen LogP contribution in [-0.2, 0) is 22.4 Å². The van der Waals surface area contributed by atoms with Gasteiger partial charge in [-0.2, -0.15) is 0 Å². The van der Waals surface area contributed by atoms with Gasteiger partial charge in [-0.1, -0.05) is 23.5 Å². The summed E-state index contributed by atoms with van der Waals surface area (Å²) >= 11 is 0.941. The second-order valence-electron chi connectivity index (χ2n) is 8.09. The molecule has 1 aromatic carbocycles. The summed E-state index contributed by atoms with van der Waals surface area (Å²) in [6.07, 6.45) is -3.41. The summed E-state index contributed by atoms with van der Waals surface area (Å²) in [6, 6.07) is 5.53. The third-order valence-corrected chi connectivity index (χ3v) is 5.88. The first kappa shape index (κ1) is 29.8. The number of thiazole rings is 1. The van der Waals surface area contributed by atoms with Gasteiger partial charge in [-0.15, -0.1) is 0 Å². The molecule has 8 N–H and O–H groups in total. The summed E-state index contributed by atoms with van der Waals surface area (Å²) in [4.78, 5) is 64.1. The number of likely N-dealkylation sites (N-methyl/N-ethyl adjacent to an activating group) is 1. The zero-order chi connectivity index (χ0) is 28.4. The quantitative estimate of drug-likeness (QED) is 0.168. The van der Waals surface area contributed by atoms with Crippen molar-refractivity contribution >= 4 is 52.1 Å². The van der Waals surface area contributed by atoms with Gasteiger partial charge in [0.25, 0.3) is 5.91 Å². The van der Waals surface area contributed by atoms with Crippen molar-refractivity contribution in [2.24, 2.45) is 0 Å². The minimum absolute atomic E-state index is 0.180. The van der Waals surface area contributed by atoms with Crippen molar-refractivity contribution in [2.45, 2.75) is 32.1 Å². The molecular formula is C22H29N7O8S. The summed E-state index contributed by atoms with van der Waals surface area (Å²) in [5.41, 5.74) is 1.63. The van der Waals surface area contributed by atoms with Crippen LogP contribution in [-0.4, -0.2) is 88.1 Å². The maximum Gasteiger partial charge on any atom is 0.407 e. The second-order valence-corrected chi connectivity index (χ2v) is 9.09. The second kappa shape index (κ2) is 13.8. The standard InChI is InChI=1S/C22H29N7O8S/c1-11(31)23-20-26-14(16(38-20)17(32)25-15(10-30)18(33)29(2)3)9-6-12-4-7-13(8-5-12)24-19(27-21(34)35)28-22(36)37/h4-5,7-8,15,19,24,27-28,30H,6,9-10H2,1-3H3,(H,25,32)(H,34,35)(H,36,37)(H,23,26,31)/t15-/m0/s1. The molecular weight excluding hydrogens is 522 g/mol. The van der Waals surface area contributed by atoms with Gasteiger partial charge < -0.3 is 36.2 Å². The molecule has 1 heterocycles. The molecule has 0 bridgehead atoms. The molecule has 0 aliphatic carbocycles. The van der Waals surface area contributed by atoms with Crippen molar-refractivity contribution in [3.63, 3.8) is 0 Å². The predicted molar refractivity (Wildman–Crippen MR) is 137 cm³/mol. The van der Waals surface area contributed by atoms with Crippen LogP contribution in [0.2, 0.25) is 0 Å². The van der Waals surface area contributed by atoms with Crippen LogP contribution in [0.4, 0.5) is 20.4 Å². The fourth-order valence-corrected chi connectivity index (χ4v) is 4.14. The van der Waals surface area contributed by atoms with Crippen LogP contribution in [0.5, 0.6) is 0 Å². The molecule has 0 aliphatic heterocycles. The Morgan fingerprint density at radius 2 is 1.58 bits per heavy atom. The topological polar surface area (TPSA) is 222 Å². The first-order chi connectivity index (χ1) is 17.9. The molecule has 2 rings (SSSR count). The van der Waals surface area contributed by atoms with E-state index in [9.17, 15) is 29.1 Å². The maximum absolute atomic E-state index is 12.9. The number of aryl methyl sites for hydroxylation is 2. The maximum atomic E-state index is 12.9. The molecule has 0 radical (unpaired) electrons. The van der Waals surface area contributed by atoms with Crippen molar-refractivity contribution in [1.82, 2.24) is 25.8 Å². The van der Waals surface area contributed by atoms with Gasteiger partial charge in [0, 0.05) is 26.7 Å². The van der Waals surface area contributed by atoms with Crippen LogP contribution in [0.1, 0.15) is 27.9 Å². The van der Waals surface area contributed by atoms with Gasteiger partial charge in [0.05, 0.1) is 12.3 Å². The van der Waals surface area contributed by atoms with E-state index in [1.807, 2.05) is 10.6 Å². The largest absolute Gasteiger partial charge is 0.465 e. The van der Waals surface area contributed by atoms with Crippen LogP contribution in [0.15, 0.2) is 24.3 Å². The van der Waals surface area contributed by atoms with E-state index in [1.165, 1.54) is 25.9 Å². The number of rotatable bonds is 12. The lowest BCUT2D eigenvalue weighted by Crippen LogP contribution is -2.52. The highest BCUT2D eigenvalue weighted by Crippen LogP contribution is 2.25. The molecule has 1 atom stereocenters. The van der Waals surface area contributed by atoms with Crippen molar-refractivity contribution in [1.29, 1.82) is 0 Å². The lowest BCUT2D eigenvalue weighted by atomic mass is 10.1. The van der Waals surface area contributed by atoms with Crippen molar-refractivity contribution < 1.29 is 39.3 Å². The number of nitrogens with zero attached hydrogens (tertiary/aromatic N) is 2. The van der Waals surface area contributed by atoms with Crippen molar-refractivity contribution in [2.75, 3.05) is 31.3 Å². The zero-order valence-electron chi connectivity index (χ0n) is 20.8. The van der Waals surface area contributed by atoms with Gasteiger partial charge in [-0.05, 0) is 30.5 Å². The van der Waals surface area contributed by atoms with Crippen LogP contribution < -0.4 is 26.6 Å². The predicted octanol–water partition coefficient (Wildman–Crippen LogP) is 0.296. The average Bonchev–Trinajstić information content (AvgIpc) is 3.22. The smallest absolute Gasteiger partial charge is 0.407 e. The lowest BCUT2D eigenvalue weighted by molar-refractivity contribution is -0.131. The number of nitrogens with one attached hydrogen (secondary N) is 5. The summed E-state index contributed by atoms with van der Waals surface area (Å²) in [7, 11) is 2.99. The van der Waals surface area contributed by atoms with Gasteiger partial charge in [0.1, 0.15) is 10.9 Å². The molecule has 2 aromatic rings. The van der Waals surface area contributed by atoms with E-state index < -0.39 is 42.9 Å². The van der Waals surface area contributed by atoms with E-state index in [4.69, 9.17) is 10.2 Å². The number of aromatic nitrogens is 1. The highest BCUT2D eigenvalue weighted by atomic mass is 32.1. The van der Waals surface area contributed by atoms with Gasteiger partial charge in [-0.3, -0.25) is 25.0 Å². The third kappa shape index (κ3) is 9.21. The van der Waals surface area contributed by atoms with Crippen molar-refractivity contribution in [3.8, 4) is 0 Å². The lowest BCUT2D eigenvalue weighted by Gasteiger charge is -2.19. The molecule has 1 aromatic heterocycles. The molecule has 16 heteroatoms. The Labute approximate surface area is 221 Å². The van der Waals surface area contributed by atoms with Gasteiger partial charge >= 0.3 is 12.2 Å². The number of anilines is 2. The van der Waals surface area contributed by atoms with Crippen LogP contribution >= 0.6 is 11.3 Å². The van der Waals surface area contributed by atoms with Crippen LogP contribution in [0.3, 0.4) is 0 Å². The summed E-state index contributed by atoms with van der Waals surface area (Å²) in [6.45, 7) is 0.705. The zero-order valence-corrected chi connectivity index (χ0v) is 21.6. The number of amides is 5. The van der Waals surface area contributed by atoms with Gasteiger partial charge in [0.2, 0.25) is 11.8 Å². The minimum Gasteiger partial charge on any atom is -0.465 e. The first-order valence-electron chi connectivity index (χ1n) is 11.1. The minimum atomic E-state index is -1.43. The summed E-state index contributed by atoms with van der Waals surface area (Å²) < 4.78 is 0. The Hall–Kier alpha value is -4.44. The Bertz CT molecular complexity index is 1150. The molecule has 0 aliphatic rings. The average molecular weight is 552 g/mol. The molecule has 15 nitrogen and oxygen atoms in total. The van der Waals surface area contributed by atoms with Gasteiger partial charge in [-0.25, -0.2) is 14.6 Å². The summed E-state index contributed by atoms with van der Waals surface area (Å²) in [5.74, 6) is -1.47. The molecule has 0 unspecified atom stereocenters. The number of carboxylic acid groups (broad SMARTS) is 2. The highest BCUT2D eigenvalue weighted by molar-refractivity contribution is 7.17. The third-order valence-electron chi connectivity index (χ3n) is 4.86. The SMILES string of the molecule is CC(=O)Nc1nc(CCc2ccc(NC(NC(=O)O)NC(=O)O)cc2)c(C(=O)N[C@@H](CO)C(=O)N(C)C)s1. The fraction of sp³-hybridized carbons (Fsp3) is 0.364. The Balaban J connectivity index is 2.15. The number of aliphatic hydroxyl groups is 1. The van der Waals surface area contributed by atoms with E-state index in [-0.39, 0.29) is 15.9 Å². The van der Waals surface area contributed by atoms with E-state index in [0.717, 1.165) is 16.9 Å². The Morgan fingerprint density at radius 3 is 2.08 bits per heavy atom.